The fraction of sp³-hybridized carbons (Fsp3) is 0.211. The first-order chi connectivity index (χ1) is 13.3. The highest BCUT2D eigenvalue weighted by molar-refractivity contribution is 9.10. The minimum atomic E-state index is -3.81. The minimum absolute atomic E-state index is 0.157. The van der Waals surface area contributed by atoms with Gasteiger partial charge in [0.1, 0.15) is 23.4 Å². The third-order valence-corrected chi connectivity index (χ3v) is 6.19. The Morgan fingerprint density at radius 2 is 1.68 bits per heavy atom. The van der Waals surface area contributed by atoms with Gasteiger partial charge in [0.2, 0.25) is 10.0 Å². The lowest BCUT2D eigenvalue weighted by molar-refractivity contribution is 0.392. The SMILES string of the molecule is COc1cc(OC)cc(C(NS(=O)(=O)c2ccc(Br)cc2)c2nccn2C)c1. The highest BCUT2D eigenvalue weighted by atomic mass is 79.9. The number of hydrogen-bond donors (Lipinski definition) is 1. The van der Waals surface area contributed by atoms with Crippen LogP contribution in [0.15, 0.2) is 64.2 Å². The lowest BCUT2D eigenvalue weighted by Gasteiger charge is -2.20. The third-order valence-electron chi connectivity index (χ3n) is 4.22. The monoisotopic (exact) mass is 465 g/mol. The number of halogens is 1. The summed E-state index contributed by atoms with van der Waals surface area (Å²) in [6.45, 7) is 0. The molecule has 3 rings (SSSR count). The van der Waals surface area contributed by atoms with E-state index in [9.17, 15) is 8.42 Å². The number of aryl methyl sites for hydroxylation is 1. The van der Waals surface area contributed by atoms with Crippen molar-refractivity contribution in [3.05, 3.63) is 70.7 Å². The lowest BCUT2D eigenvalue weighted by atomic mass is 10.1. The molecule has 1 heterocycles. The van der Waals surface area contributed by atoms with E-state index in [-0.39, 0.29) is 4.90 Å². The highest BCUT2D eigenvalue weighted by Gasteiger charge is 2.26. The van der Waals surface area contributed by atoms with Crippen molar-refractivity contribution in [3.8, 4) is 11.5 Å². The molecule has 0 amide bonds. The summed E-state index contributed by atoms with van der Waals surface area (Å²) in [5, 5.41) is 0. The Morgan fingerprint density at radius 1 is 1.07 bits per heavy atom. The number of rotatable bonds is 7. The van der Waals surface area contributed by atoms with Crippen molar-refractivity contribution < 1.29 is 17.9 Å². The van der Waals surface area contributed by atoms with Crippen LogP contribution in [0, 0.1) is 0 Å². The second-order valence-corrected chi connectivity index (χ2v) is 8.68. The molecule has 1 unspecified atom stereocenters. The molecule has 3 aromatic rings. The van der Waals surface area contributed by atoms with Gasteiger partial charge >= 0.3 is 0 Å². The van der Waals surface area contributed by atoms with Gasteiger partial charge in [-0.1, -0.05) is 15.9 Å². The maximum atomic E-state index is 13.0. The molecule has 0 spiro atoms. The van der Waals surface area contributed by atoms with Gasteiger partial charge in [0.25, 0.3) is 0 Å². The zero-order chi connectivity index (χ0) is 20.3. The number of sulfonamides is 1. The maximum absolute atomic E-state index is 13.0. The van der Waals surface area contributed by atoms with Crippen LogP contribution in [0.1, 0.15) is 17.4 Å². The number of ether oxygens (including phenoxy) is 2. The van der Waals surface area contributed by atoms with Gasteiger partial charge in [0.15, 0.2) is 0 Å². The number of aromatic nitrogens is 2. The van der Waals surface area contributed by atoms with Gasteiger partial charge in [0, 0.05) is 30.0 Å². The Kier molecular flexibility index (Phi) is 6.07. The van der Waals surface area contributed by atoms with Gasteiger partial charge < -0.3 is 14.0 Å². The topological polar surface area (TPSA) is 82.4 Å². The van der Waals surface area contributed by atoms with E-state index >= 15 is 0 Å². The summed E-state index contributed by atoms with van der Waals surface area (Å²) in [5.41, 5.74) is 0.645. The largest absolute Gasteiger partial charge is 0.497 e. The van der Waals surface area contributed by atoms with Crippen LogP contribution in [0.4, 0.5) is 0 Å². The summed E-state index contributed by atoms with van der Waals surface area (Å²) < 4.78 is 42.0. The summed E-state index contributed by atoms with van der Waals surface area (Å²) in [7, 11) is 1.08. The second-order valence-electron chi connectivity index (χ2n) is 6.05. The molecule has 0 aliphatic carbocycles. The molecule has 0 fully saturated rings. The van der Waals surface area contributed by atoms with Crippen molar-refractivity contribution in [2.24, 2.45) is 7.05 Å². The van der Waals surface area contributed by atoms with Crippen LogP contribution in [-0.2, 0) is 17.1 Å². The van der Waals surface area contributed by atoms with Crippen molar-refractivity contribution in [2.45, 2.75) is 10.9 Å². The molecule has 2 aromatic carbocycles. The number of nitrogens with zero attached hydrogens (tertiary/aromatic N) is 2. The van der Waals surface area contributed by atoms with Gasteiger partial charge in [-0.15, -0.1) is 0 Å². The maximum Gasteiger partial charge on any atom is 0.241 e. The van der Waals surface area contributed by atoms with Crippen LogP contribution < -0.4 is 14.2 Å². The Labute approximate surface area is 172 Å². The molecule has 28 heavy (non-hydrogen) atoms. The smallest absolute Gasteiger partial charge is 0.241 e. The molecule has 1 N–H and O–H groups in total. The summed E-state index contributed by atoms with van der Waals surface area (Å²) >= 11 is 3.32. The van der Waals surface area contributed by atoms with Gasteiger partial charge in [-0.25, -0.2) is 13.4 Å². The van der Waals surface area contributed by atoms with Gasteiger partial charge in [0.05, 0.1) is 19.1 Å². The average Bonchev–Trinajstić information content (AvgIpc) is 3.11. The highest BCUT2D eigenvalue weighted by Crippen LogP contribution is 2.30. The molecule has 7 nitrogen and oxygen atoms in total. The number of benzene rings is 2. The lowest BCUT2D eigenvalue weighted by Crippen LogP contribution is -2.31. The molecular weight excluding hydrogens is 446 g/mol. The summed E-state index contributed by atoms with van der Waals surface area (Å²) in [4.78, 5) is 4.50. The fourth-order valence-electron chi connectivity index (χ4n) is 2.76. The van der Waals surface area contributed by atoms with Crippen LogP contribution >= 0.6 is 15.9 Å². The van der Waals surface area contributed by atoms with E-state index in [0.29, 0.717) is 22.9 Å². The third kappa shape index (κ3) is 4.37. The zero-order valence-electron chi connectivity index (χ0n) is 15.6. The fourth-order valence-corrected chi connectivity index (χ4v) is 4.20. The Bertz CT molecular complexity index is 1040. The van der Waals surface area contributed by atoms with Crippen molar-refractivity contribution >= 4 is 26.0 Å². The number of methoxy groups -OCH3 is 2. The summed E-state index contributed by atoms with van der Waals surface area (Å²) in [5.74, 6) is 1.64. The Morgan fingerprint density at radius 3 is 2.18 bits per heavy atom. The van der Waals surface area contributed by atoms with Gasteiger partial charge in [-0.2, -0.15) is 4.72 Å². The quantitative estimate of drug-likeness (QED) is 0.578. The van der Waals surface area contributed by atoms with Crippen molar-refractivity contribution in [2.75, 3.05) is 14.2 Å². The molecule has 1 atom stereocenters. The van der Waals surface area contributed by atoms with Crippen LogP contribution in [0.2, 0.25) is 0 Å². The average molecular weight is 466 g/mol. The first kappa shape index (κ1) is 20.4. The Hall–Kier alpha value is -2.36. The first-order valence-electron chi connectivity index (χ1n) is 8.32. The van der Waals surface area contributed by atoms with Gasteiger partial charge in [-0.3, -0.25) is 0 Å². The molecule has 0 saturated heterocycles. The minimum Gasteiger partial charge on any atom is -0.497 e. The van der Waals surface area contributed by atoms with Crippen LogP contribution in [-0.4, -0.2) is 32.2 Å². The molecule has 0 bridgehead atoms. The molecule has 148 valence electrons. The van der Waals surface area contributed by atoms with Gasteiger partial charge in [-0.05, 0) is 42.0 Å². The predicted octanol–water partition coefficient (Wildman–Crippen LogP) is 3.27. The van der Waals surface area contributed by atoms with E-state index in [1.807, 2.05) is 0 Å². The molecule has 9 heteroatoms. The molecule has 0 aliphatic heterocycles. The summed E-state index contributed by atoms with van der Waals surface area (Å²) in [6, 6.07) is 10.9. The van der Waals surface area contributed by atoms with E-state index in [0.717, 1.165) is 4.47 Å². The van der Waals surface area contributed by atoms with Crippen molar-refractivity contribution in [1.29, 1.82) is 0 Å². The summed E-state index contributed by atoms with van der Waals surface area (Å²) in [6.07, 6.45) is 3.38. The number of imidazole rings is 1. The van der Waals surface area contributed by atoms with Crippen LogP contribution in [0.3, 0.4) is 0 Å². The standard InChI is InChI=1S/C19H20BrN3O4S/c1-23-9-8-21-19(23)18(13-10-15(26-2)12-16(11-13)27-3)22-28(24,25)17-6-4-14(20)5-7-17/h4-12,18,22H,1-3H3. The van der Waals surface area contributed by atoms with E-state index in [1.54, 1.807) is 68.6 Å². The normalized spacial score (nSPS) is 12.6. The Balaban J connectivity index is 2.09. The van der Waals surface area contributed by atoms with E-state index < -0.39 is 16.1 Å². The van der Waals surface area contributed by atoms with Crippen molar-refractivity contribution in [3.63, 3.8) is 0 Å². The first-order valence-corrected chi connectivity index (χ1v) is 10.6. The molecule has 0 radical (unpaired) electrons. The van der Waals surface area contributed by atoms with E-state index in [2.05, 4.69) is 25.6 Å². The molecule has 0 aliphatic rings. The zero-order valence-corrected chi connectivity index (χ0v) is 18.0. The number of nitrogens with one attached hydrogen (secondary N) is 1. The molecule has 0 saturated carbocycles. The molecule has 1 aromatic heterocycles. The van der Waals surface area contributed by atoms with E-state index in [1.165, 1.54) is 12.1 Å². The number of hydrogen-bond acceptors (Lipinski definition) is 5. The van der Waals surface area contributed by atoms with E-state index in [4.69, 9.17) is 9.47 Å². The van der Waals surface area contributed by atoms with Crippen molar-refractivity contribution in [1.82, 2.24) is 14.3 Å². The van der Waals surface area contributed by atoms with Crippen LogP contribution in [0.25, 0.3) is 0 Å². The van der Waals surface area contributed by atoms with Crippen LogP contribution in [0.5, 0.6) is 11.5 Å². The second kappa shape index (κ2) is 8.34. The predicted molar refractivity (Wildman–Crippen MR) is 109 cm³/mol. The molecular formula is C19H20BrN3O4S.